The van der Waals surface area contributed by atoms with Crippen molar-refractivity contribution in [2.24, 2.45) is 0 Å². The predicted molar refractivity (Wildman–Crippen MR) is 236 cm³/mol. The van der Waals surface area contributed by atoms with E-state index < -0.39 is 0 Å². The Balaban J connectivity index is 1.23. The van der Waals surface area contributed by atoms with Crippen LogP contribution in [0, 0.1) is 0 Å². The highest BCUT2D eigenvalue weighted by Crippen LogP contribution is 2.50. The molecule has 1 nitrogen and oxygen atoms in total. The number of rotatable bonds is 2. The zero-order valence-corrected chi connectivity index (χ0v) is 29.7. The molecule has 12 aromatic carbocycles. The second-order valence-electron chi connectivity index (χ2n) is 15.1. The SMILES string of the molecule is c1ccc2c(c1)ccc1c(-c3ccc(-c4ccc5ccc6cccc7ccc4c5c67)c4c3oc3c5ccccc5ccc34)c3c(ccc4ccccc43)cc12. The Morgan fingerprint density at radius 3 is 1.58 bits per heavy atom. The highest BCUT2D eigenvalue weighted by molar-refractivity contribution is 6.31. The van der Waals surface area contributed by atoms with Gasteiger partial charge < -0.3 is 4.42 Å². The lowest BCUT2D eigenvalue weighted by atomic mass is 9.85. The fourth-order valence-electron chi connectivity index (χ4n) is 9.93. The molecule has 0 saturated heterocycles. The highest BCUT2D eigenvalue weighted by atomic mass is 16.3. The van der Waals surface area contributed by atoms with E-state index in [4.69, 9.17) is 4.42 Å². The van der Waals surface area contributed by atoms with E-state index in [0.29, 0.717) is 0 Å². The van der Waals surface area contributed by atoms with Gasteiger partial charge in [-0.15, -0.1) is 0 Å². The maximum Gasteiger partial charge on any atom is 0.143 e. The minimum atomic E-state index is 0.921. The van der Waals surface area contributed by atoms with Crippen molar-refractivity contribution in [2.75, 3.05) is 0 Å². The first-order valence-corrected chi connectivity index (χ1v) is 19.1. The Morgan fingerprint density at radius 1 is 0.236 bits per heavy atom. The van der Waals surface area contributed by atoms with Crippen molar-refractivity contribution in [3.8, 4) is 22.3 Å². The van der Waals surface area contributed by atoms with Crippen molar-refractivity contribution in [1.29, 1.82) is 0 Å². The summed E-state index contributed by atoms with van der Waals surface area (Å²) in [5.74, 6) is 0. The topological polar surface area (TPSA) is 13.1 Å². The third-order valence-electron chi connectivity index (χ3n) is 12.4. The molecule has 0 fully saturated rings. The van der Waals surface area contributed by atoms with E-state index >= 15 is 0 Å². The summed E-state index contributed by atoms with van der Waals surface area (Å²) in [4.78, 5) is 0. The van der Waals surface area contributed by atoms with Gasteiger partial charge in [-0.05, 0) is 110 Å². The molecule has 55 heavy (non-hydrogen) atoms. The molecule has 13 rings (SSSR count). The van der Waals surface area contributed by atoms with Crippen molar-refractivity contribution in [1.82, 2.24) is 0 Å². The van der Waals surface area contributed by atoms with Crippen molar-refractivity contribution in [3.63, 3.8) is 0 Å². The Bertz CT molecular complexity index is 3750. The molecule has 0 unspecified atom stereocenters. The van der Waals surface area contributed by atoms with Gasteiger partial charge in [-0.2, -0.15) is 0 Å². The molecule has 1 heterocycles. The van der Waals surface area contributed by atoms with Crippen molar-refractivity contribution < 1.29 is 4.42 Å². The molecular formula is C54H30O. The molecule has 0 bridgehead atoms. The van der Waals surface area contributed by atoms with Crippen LogP contribution in [0.4, 0.5) is 0 Å². The highest BCUT2D eigenvalue weighted by Gasteiger charge is 2.24. The minimum Gasteiger partial charge on any atom is -0.455 e. The lowest BCUT2D eigenvalue weighted by Gasteiger charge is -2.18. The molecule has 0 N–H and O–H groups in total. The van der Waals surface area contributed by atoms with Gasteiger partial charge in [-0.25, -0.2) is 0 Å². The average molecular weight is 695 g/mol. The number of hydrogen-bond donors (Lipinski definition) is 0. The normalized spacial score (nSPS) is 12.4. The summed E-state index contributed by atoms with van der Waals surface area (Å²) < 4.78 is 7.34. The third kappa shape index (κ3) is 3.92. The first-order valence-electron chi connectivity index (χ1n) is 19.1. The largest absolute Gasteiger partial charge is 0.455 e. The minimum absolute atomic E-state index is 0.921. The van der Waals surface area contributed by atoms with Gasteiger partial charge in [0.2, 0.25) is 0 Å². The quantitative estimate of drug-likeness (QED) is 0.130. The zero-order valence-electron chi connectivity index (χ0n) is 29.7. The first-order chi connectivity index (χ1) is 27.3. The molecule has 1 aromatic heterocycles. The van der Waals surface area contributed by atoms with E-state index in [-0.39, 0.29) is 0 Å². The summed E-state index contributed by atoms with van der Waals surface area (Å²) in [5.41, 5.74) is 6.58. The zero-order chi connectivity index (χ0) is 35.8. The van der Waals surface area contributed by atoms with E-state index in [1.807, 2.05) is 0 Å². The summed E-state index contributed by atoms with van der Waals surface area (Å²) in [6.07, 6.45) is 0. The smallest absolute Gasteiger partial charge is 0.143 e. The average Bonchev–Trinajstić information content (AvgIpc) is 3.65. The van der Waals surface area contributed by atoms with E-state index in [1.54, 1.807) is 0 Å². The van der Waals surface area contributed by atoms with Crippen molar-refractivity contribution in [2.45, 2.75) is 0 Å². The maximum atomic E-state index is 7.34. The summed E-state index contributed by atoms with van der Waals surface area (Å²) in [5, 5.41) is 22.2. The standard InChI is InChI=1S/C54H30O/c1-4-13-38-31(8-1)20-25-44-47(38)30-37-19-16-32-9-2-5-14-39(32)50(37)51(44)45-29-28-43(52-46-27-21-33-10-3-6-15-40(33)53(46)55-54(45)52)41-24-22-36-18-17-34-11-7-12-35-23-26-42(41)49(36)48(34)35/h1-30H. The van der Waals surface area contributed by atoms with Gasteiger partial charge in [0.15, 0.2) is 0 Å². The van der Waals surface area contributed by atoms with Gasteiger partial charge in [0.1, 0.15) is 11.2 Å². The molecule has 0 aliphatic carbocycles. The monoisotopic (exact) mass is 694 g/mol. The molecule has 252 valence electrons. The Hall–Kier alpha value is -7.22. The lowest BCUT2D eigenvalue weighted by molar-refractivity contribution is 0.674. The van der Waals surface area contributed by atoms with Crippen molar-refractivity contribution >= 4 is 108 Å². The molecule has 0 radical (unpaired) electrons. The summed E-state index contributed by atoms with van der Waals surface area (Å²) >= 11 is 0. The fraction of sp³-hybridized carbons (Fsp3) is 0. The third-order valence-corrected chi connectivity index (χ3v) is 12.4. The molecule has 0 amide bonds. The van der Waals surface area contributed by atoms with Gasteiger partial charge in [0, 0.05) is 27.3 Å². The van der Waals surface area contributed by atoms with Gasteiger partial charge in [0.25, 0.3) is 0 Å². The van der Waals surface area contributed by atoms with Crippen LogP contribution in [0.2, 0.25) is 0 Å². The summed E-state index contributed by atoms with van der Waals surface area (Å²) in [6, 6.07) is 67.3. The Kier molecular flexibility index (Phi) is 5.69. The van der Waals surface area contributed by atoms with E-state index in [9.17, 15) is 0 Å². The van der Waals surface area contributed by atoms with Crippen molar-refractivity contribution in [3.05, 3.63) is 182 Å². The van der Waals surface area contributed by atoms with Crippen LogP contribution in [0.1, 0.15) is 0 Å². The number of fused-ring (bicyclic) bond motifs is 11. The number of furan rings is 1. The van der Waals surface area contributed by atoms with Crippen LogP contribution < -0.4 is 0 Å². The molecule has 0 spiro atoms. The molecule has 0 atom stereocenters. The summed E-state index contributed by atoms with van der Waals surface area (Å²) in [7, 11) is 0. The van der Waals surface area contributed by atoms with Crippen LogP contribution >= 0.6 is 0 Å². The molecule has 0 aliphatic heterocycles. The van der Waals surface area contributed by atoms with Gasteiger partial charge in [0.05, 0.1) is 0 Å². The molecule has 0 saturated carbocycles. The Morgan fingerprint density at radius 2 is 0.764 bits per heavy atom. The lowest BCUT2D eigenvalue weighted by Crippen LogP contribution is -1.91. The number of hydrogen-bond acceptors (Lipinski definition) is 1. The van der Waals surface area contributed by atoms with Gasteiger partial charge in [-0.1, -0.05) is 164 Å². The van der Waals surface area contributed by atoms with Crippen LogP contribution in [0.25, 0.3) is 130 Å². The molecule has 13 aromatic rings. The van der Waals surface area contributed by atoms with Crippen LogP contribution in [-0.4, -0.2) is 0 Å². The van der Waals surface area contributed by atoms with Crippen LogP contribution in [0.5, 0.6) is 0 Å². The summed E-state index contributed by atoms with van der Waals surface area (Å²) in [6.45, 7) is 0. The van der Waals surface area contributed by atoms with Crippen LogP contribution in [-0.2, 0) is 0 Å². The number of benzene rings is 12. The first kappa shape index (κ1) is 29.3. The molecular weight excluding hydrogens is 665 g/mol. The van der Waals surface area contributed by atoms with Gasteiger partial charge >= 0.3 is 0 Å². The van der Waals surface area contributed by atoms with Gasteiger partial charge in [-0.3, -0.25) is 0 Å². The maximum absolute atomic E-state index is 7.34. The second-order valence-corrected chi connectivity index (χ2v) is 15.1. The van der Waals surface area contributed by atoms with E-state index in [2.05, 4.69) is 182 Å². The fourth-order valence-corrected chi connectivity index (χ4v) is 9.93. The molecule has 1 heteroatoms. The second kappa shape index (κ2) is 10.7. The van der Waals surface area contributed by atoms with E-state index in [0.717, 1.165) is 32.9 Å². The van der Waals surface area contributed by atoms with Crippen LogP contribution in [0.15, 0.2) is 186 Å². The molecule has 0 aliphatic rings. The Labute approximate surface area is 315 Å². The van der Waals surface area contributed by atoms with Crippen LogP contribution in [0.3, 0.4) is 0 Å². The van der Waals surface area contributed by atoms with E-state index in [1.165, 1.54) is 97.5 Å². The predicted octanol–water partition coefficient (Wildman–Crippen LogP) is 15.6.